The molecule has 1 aromatic rings. The molecule has 0 aliphatic carbocycles. The second-order valence-electron chi connectivity index (χ2n) is 4.24. The molecule has 0 atom stereocenters. The normalized spacial score (nSPS) is 11.1. The highest BCUT2D eigenvalue weighted by Gasteiger charge is 2.10. The van der Waals surface area contributed by atoms with Crippen LogP contribution in [0.1, 0.15) is 25.8 Å². The first-order valence-corrected chi connectivity index (χ1v) is 6.26. The molecule has 0 radical (unpaired) electrons. The highest BCUT2D eigenvalue weighted by Crippen LogP contribution is 2.08. The Bertz CT molecular complexity index is 500. The van der Waals surface area contributed by atoms with E-state index in [0.717, 1.165) is 26.1 Å². The molecule has 1 rings (SSSR count). The van der Waals surface area contributed by atoms with Gasteiger partial charge >= 0.3 is 5.69 Å². The molecule has 1 aromatic heterocycles. The molecule has 0 aliphatic heterocycles. The van der Waals surface area contributed by atoms with Crippen molar-refractivity contribution in [3.8, 4) is 5.88 Å². The summed E-state index contributed by atoms with van der Waals surface area (Å²) < 4.78 is 1.21. The van der Waals surface area contributed by atoms with Crippen LogP contribution >= 0.6 is 0 Å². The summed E-state index contributed by atoms with van der Waals surface area (Å²) in [5.41, 5.74) is -0.905. The average Bonchev–Trinajstić information content (AvgIpc) is 2.35. The first kappa shape index (κ1) is 14.5. The van der Waals surface area contributed by atoms with Gasteiger partial charge in [0, 0.05) is 6.54 Å². The van der Waals surface area contributed by atoms with Crippen molar-refractivity contribution < 1.29 is 5.11 Å². The highest BCUT2D eigenvalue weighted by atomic mass is 16.3. The van der Waals surface area contributed by atoms with E-state index in [-0.39, 0.29) is 11.4 Å². The second-order valence-corrected chi connectivity index (χ2v) is 4.24. The summed E-state index contributed by atoms with van der Waals surface area (Å²) in [6.07, 6.45) is 0.751. The van der Waals surface area contributed by atoms with Crippen LogP contribution in [0.3, 0.4) is 0 Å². The Morgan fingerprint density at radius 1 is 1.28 bits per heavy atom. The van der Waals surface area contributed by atoms with Gasteiger partial charge in [-0.2, -0.15) is 0 Å². The van der Waals surface area contributed by atoms with Gasteiger partial charge in [0.15, 0.2) is 0 Å². The number of hydrogen-bond donors (Lipinski definition) is 2. The zero-order valence-corrected chi connectivity index (χ0v) is 11.2. The number of nitrogens with zero attached hydrogens (tertiary/aromatic N) is 2. The first-order valence-electron chi connectivity index (χ1n) is 6.26. The average molecular weight is 255 g/mol. The molecular formula is C12H21N3O3. The lowest BCUT2D eigenvalue weighted by molar-refractivity contribution is 0.287. The van der Waals surface area contributed by atoms with Crippen LogP contribution in [0.15, 0.2) is 9.59 Å². The van der Waals surface area contributed by atoms with Gasteiger partial charge < -0.3 is 10.0 Å². The van der Waals surface area contributed by atoms with Crippen LogP contribution in [-0.2, 0) is 6.54 Å². The van der Waals surface area contributed by atoms with Crippen molar-refractivity contribution in [1.29, 1.82) is 0 Å². The highest BCUT2D eigenvalue weighted by molar-refractivity contribution is 5.20. The largest absolute Gasteiger partial charge is 0.494 e. The van der Waals surface area contributed by atoms with Crippen molar-refractivity contribution in [3.05, 3.63) is 26.4 Å². The molecule has 102 valence electrons. The molecule has 2 N–H and O–H groups in total. The number of aromatic nitrogens is 2. The number of aromatic hydroxyl groups is 1. The Labute approximate surface area is 106 Å². The third kappa shape index (κ3) is 3.22. The molecule has 0 fully saturated rings. The van der Waals surface area contributed by atoms with E-state index in [1.54, 1.807) is 0 Å². The van der Waals surface area contributed by atoms with Crippen molar-refractivity contribution in [2.75, 3.05) is 19.6 Å². The van der Waals surface area contributed by atoms with Crippen molar-refractivity contribution in [2.24, 2.45) is 0 Å². The predicted molar refractivity (Wildman–Crippen MR) is 70.1 cm³/mol. The Morgan fingerprint density at radius 3 is 2.44 bits per heavy atom. The fourth-order valence-corrected chi connectivity index (χ4v) is 1.86. The Kier molecular flexibility index (Phi) is 5.15. The molecule has 6 heteroatoms. The van der Waals surface area contributed by atoms with E-state index >= 15 is 0 Å². The Balaban J connectivity index is 2.77. The third-order valence-corrected chi connectivity index (χ3v) is 3.15. The lowest BCUT2D eigenvalue weighted by Crippen LogP contribution is -2.32. The minimum Gasteiger partial charge on any atom is -0.494 e. The van der Waals surface area contributed by atoms with Crippen molar-refractivity contribution >= 4 is 0 Å². The summed E-state index contributed by atoms with van der Waals surface area (Å²) in [6.45, 7) is 8.84. The number of H-pyrrole nitrogens is 1. The lowest BCUT2D eigenvalue weighted by Gasteiger charge is -2.18. The standard InChI is InChI=1S/C12H21N3O3/c1-4-14(5-2)7-6-8-15-11(17)9(3)10(16)13-12(15)18/h17H,4-8H2,1-3H3,(H,13,16,18). The van der Waals surface area contributed by atoms with Gasteiger partial charge in [0.25, 0.3) is 5.56 Å². The summed E-state index contributed by atoms with van der Waals surface area (Å²) in [7, 11) is 0. The molecule has 0 aliphatic rings. The molecule has 18 heavy (non-hydrogen) atoms. The number of aromatic amines is 1. The zero-order chi connectivity index (χ0) is 13.7. The van der Waals surface area contributed by atoms with E-state index in [1.807, 2.05) is 0 Å². The van der Waals surface area contributed by atoms with Gasteiger partial charge in [0.2, 0.25) is 5.88 Å². The molecule has 0 unspecified atom stereocenters. The molecule has 0 saturated carbocycles. The van der Waals surface area contributed by atoms with Crippen LogP contribution in [0.5, 0.6) is 5.88 Å². The van der Waals surface area contributed by atoms with Gasteiger partial charge in [-0.05, 0) is 33.0 Å². The Hall–Kier alpha value is -1.56. The lowest BCUT2D eigenvalue weighted by atomic mass is 10.3. The van der Waals surface area contributed by atoms with E-state index in [1.165, 1.54) is 11.5 Å². The molecular weight excluding hydrogens is 234 g/mol. The fraction of sp³-hybridized carbons (Fsp3) is 0.667. The monoisotopic (exact) mass is 255 g/mol. The van der Waals surface area contributed by atoms with E-state index in [9.17, 15) is 14.7 Å². The maximum Gasteiger partial charge on any atom is 0.331 e. The van der Waals surface area contributed by atoms with Gasteiger partial charge in [0.1, 0.15) is 0 Å². The molecule has 1 heterocycles. The number of nitrogens with one attached hydrogen (secondary N) is 1. The van der Waals surface area contributed by atoms with Gasteiger partial charge in [-0.1, -0.05) is 13.8 Å². The smallest absolute Gasteiger partial charge is 0.331 e. The van der Waals surface area contributed by atoms with Crippen LogP contribution in [-0.4, -0.2) is 39.2 Å². The van der Waals surface area contributed by atoms with Crippen LogP contribution in [0.25, 0.3) is 0 Å². The summed E-state index contributed by atoms with van der Waals surface area (Å²) >= 11 is 0. The maximum atomic E-state index is 11.6. The van der Waals surface area contributed by atoms with Gasteiger partial charge in [-0.15, -0.1) is 0 Å². The fourth-order valence-electron chi connectivity index (χ4n) is 1.86. The van der Waals surface area contributed by atoms with Crippen molar-refractivity contribution in [3.63, 3.8) is 0 Å². The molecule has 0 amide bonds. The van der Waals surface area contributed by atoms with Crippen molar-refractivity contribution in [2.45, 2.75) is 33.7 Å². The van der Waals surface area contributed by atoms with Crippen LogP contribution in [0.4, 0.5) is 0 Å². The predicted octanol–water partition coefficient (Wildman–Crippen LogP) is 0.283. The van der Waals surface area contributed by atoms with Crippen LogP contribution in [0, 0.1) is 6.92 Å². The topological polar surface area (TPSA) is 78.3 Å². The van der Waals surface area contributed by atoms with Gasteiger partial charge in [0.05, 0.1) is 5.56 Å². The summed E-state index contributed by atoms with van der Waals surface area (Å²) in [4.78, 5) is 27.2. The summed E-state index contributed by atoms with van der Waals surface area (Å²) in [5, 5.41) is 9.77. The zero-order valence-electron chi connectivity index (χ0n) is 11.2. The van der Waals surface area contributed by atoms with Crippen LogP contribution in [0.2, 0.25) is 0 Å². The second kappa shape index (κ2) is 6.39. The number of hydrogen-bond acceptors (Lipinski definition) is 4. The molecule has 0 spiro atoms. The first-order chi connectivity index (χ1) is 8.51. The van der Waals surface area contributed by atoms with Gasteiger partial charge in [-0.25, -0.2) is 4.79 Å². The Morgan fingerprint density at radius 2 is 1.89 bits per heavy atom. The maximum absolute atomic E-state index is 11.6. The molecule has 0 bridgehead atoms. The summed E-state index contributed by atoms with van der Waals surface area (Å²) in [5.74, 6) is -0.233. The van der Waals surface area contributed by atoms with E-state index in [0.29, 0.717) is 6.54 Å². The number of rotatable bonds is 6. The molecule has 0 aromatic carbocycles. The van der Waals surface area contributed by atoms with E-state index in [2.05, 4.69) is 23.7 Å². The van der Waals surface area contributed by atoms with Crippen LogP contribution < -0.4 is 11.2 Å². The third-order valence-electron chi connectivity index (χ3n) is 3.15. The summed E-state index contributed by atoms with van der Waals surface area (Å²) in [6, 6.07) is 0. The van der Waals surface area contributed by atoms with Crippen molar-refractivity contribution in [1.82, 2.24) is 14.5 Å². The SMILES string of the molecule is CCN(CC)CCCn1c(O)c(C)c(=O)[nH]c1=O. The van der Waals surface area contributed by atoms with Gasteiger partial charge in [-0.3, -0.25) is 14.3 Å². The minimum absolute atomic E-state index is 0.178. The molecule has 0 saturated heterocycles. The van der Waals surface area contributed by atoms with E-state index < -0.39 is 11.2 Å². The minimum atomic E-state index is -0.553. The molecule has 6 nitrogen and oxygen atoms in total. The quantitative estimate of drug-likeness (QED) is 0.765. The van der Waals surface area contributed by atoms with E-state index in [4.69, 9.17) is 0 Å².